The molecule has 0 saturated carbocycles. The van der Waals surface area contributed by atoms with Gasteiger partial charge in [-0.3, -0.25) is 10.1 Å². The first-order valence-corrected chi connectivity index (χ1v) is 3.06. The first-order chi connectivity index (χ1) is 6.06. The predicted molar refractivity (Wildman–Crippen MR) is 37.8 cm³/mol. The quantitative estimate of drug-likeness (QED) is 0.559. The van der Waals surface area contributed by atoms with Gasteiger partial charge in [0.05, 0.1) is 4.92 Å². The molecule has 0 radical (unpaired) electrons. The Bertz CT molecular complexity index is 356. The first kappa shape index (κ1) is 9.33. The Kier molecular flexibility index (Phi) is 2.38. The minimum absolute atomic E-state index is 0.376. The lowest BCUT2D eigenvalue weighted by atomic mass is 10.3. The van der Waals surface area contributed by atoms with Crippen molar-refractivity contribution in [2.24, 2.45) is 5.90 Å². The van der Waals surface area contributed by atoms with Crippen LogP contribution in [0, 0.1) is 21.7 Å². The summed E-state index contributed by atoms with van der Waals surface area (Å²) in [6.07, 6.45) is 0. The lowest BCUT2D eigenvalue weighted by molar-refractivity contribution is -0.388. The molecule has 1 rings (SSSR count). The van der Waals surface area contributed by atoms with Crippen LogP contribution < -0.4 is 10.7 Å². The fourth-order valence-corrected chi connectivity index (χ4v) is 0.809. The second-order valence-electron chi connectivity index (χ2n) is 2.11. The molecule has 0 bridgehead atoms. The zero-order valence-electron chi connectivity index (χ0n) is 6.16. The molecule has 5 nitrogen and oxygen atoms in total. The molecule has 0 aliphatic heterocycles. The first-order valence-electron chi connectivity index (χ1n) is 3.06. The standard InChI is InChI=1S/C6H4F2N2O3/c7-3-1-4(8)6(10(11)12)5(2-3)13-9/h1-2H,9H2. The lowest BCUT2D eigenvalue weighted by Gasteiger charge is -2.00. The number of nitro groups is 1. The summed E-state index contributed by atoms with van der Waals surface area (Å²) in [5.41, 5.74) is -0.982. The van der Waals surface area contributed by atoms with Gasteiger partial charge in [-0.1, -0.05) is 0 Å². The van der Waals surface area contributed by atoms with Gasteiger partial charge in [0.1, 0.15) is 5.82 Å². The highest BCUT2D eigenvalue weighted by Crippen LogP contribution is 2.29. The van der Waals surface area contributed by atoms with E-state index in [9.17, 15) is 18.9 Å². The maximum absolute atomic E-state index is 12.7. The third-order valence-corrected chi connectivity index (χ3v) is 1.30. The molecule has 0 unspecified atom stereocenters. The predicted octanol–water partition coefficient (Wildman–Crippen LogP) is 1.13. The van der Waals surface area contributed by atoms with Gasteiger partial charge in [0.15, 0.2) is 0 Å². The summed E-state index contributed by atoms with van der Waals surface area (Å²) >= 11 is 0. The number of benzene rings is 1. The van der Waals surface area contributed by atoms with Gasteiger partial charge in [0.25, 0.3) is 0 Å². The van der Waals surface area contributed by atoms with Crippen LogP contribution in [0.5, 0.6) is 5.75 Å². The maximum atomic E-state index is 12.7. The van der Waals surface area contributed by atoms with E-state index in [4.69, 9.17) is 0 Å². The van der Waals surface area contributed by atoms with E-state index in [0.717, 1.165) is 0 Å². The number of rotatable bonds is 2. The molecule has 0 saturated heterocycles. The Morgan fingerprint density at radius 2 is 2.08 bits per heavy atom. The second kappa shape index (κ2) is 3.31. The lowest BCUT2D eigenvalue weighted by Crippen LogP contribution is -2.06. The van der Waals surface area contributed by atoms with Gasteiger partial charge < -0.3 is 4.84 Å². The van der Waals surface area contributed by atoms with E-state index in [1.54, 1.807) is 0 Å². The second-order valence-corrected chi connectivity index (χ2v) is 2.11. The van der Waals surface area contributed by atoms with Crippen molar-refractivity contribution in [1.29, 1.82) is 0 Å². The van der Waals surface area contributed by atoms with Gasteiger partial charge in [-0.25, -0.2) is 4.39 Å². The summed E-state index contributed by atoms with van der Waals surface area (Å²) in [5, 5.41) is 10.2. The van der Waals surface area contributed by atoms with Crippen LogP contribution in [-0.4, -0.2) is 4.92 Å². The van der Waals surface area contributed by atoms with Crippen molar-refractivity contribution in [2.75, 3.05) is 0 Å². The van der Waals surface area contributed by atoms with Crippen molar-refractivity contribution in [3.63, 3.8) is 0 Å². The van der Waals surface area contributed by atoms with Crippen LogP contribution in [0.25, 0.3) is 0 Å². The Morgan fingerprint density at radius 1 is 1.46 bits per heavy atom. The van der Waals surface area contributed by atoms with Crippen LogP contribution in [-0.2, 0) is 0 Å². The molecule has 0 aromatic heterocycles. The molecule has 0 atom stereocenters. The van der Waals surface area contributed by atoms with Crippen molar-refractivity contribution in [1.82, 2.24) is 0 Å². The zero-order valence-corrected chi connectivity index (χ0v) is 6.16. The highest BCUT2D eigenvalue weighted by atomic mass is 19.1. The largest absolute Gasteiger partial charge is 0.404 e. The third kappa shape index (κ3) is 1.70. The van der Waals surface area contributed by atoms with Crippen molar-refractivity contribution in [2.45, 2.75) is 0 Å². The van der Waals surface area contributed by atoms with Crippen LogP contribution >= 0.6 is 0 Å². The minimum Gasteiger partial charge on any atom is -0.404 e. The molecule has 70 valence electrons. The number of hydrogen-bond donors (Lipinski definition) is 1. The molecule has 0 spiro atoms. The molecule has 0 heterocycles. The smallest absolute Gasteiger partial charge is 0.349 e. The van der Waals surface area contributed by atoms with Gasteiger partial charge in [-0.15, -0.1) is 0 Å². The average Bonchev–Trinajstić information content (AvgIpc) is 2.01. The highest BCUT2D eigenvalue weighted by Gasteiger charge is 2.23. The summed E-state index contributed by atoms with van der Waals surface area (Å²) in [6.45, 7) is 0. The molecular weight excluding hydrogens is 186 g/mol. The molecule has 0 amide bonds. The molecule has 1 aromatic rings. The van der Waals surface area contributed by atoms with Gasteiger partial charge >= 0.3 is 5.69 Å². The Labute approximate surface area is 70.8 Å². The summed E-state index contributed by atoms with van der Waals surface area (Å²) in [4.78, 5) is 13.1. The van der Waals surface area contributed by atoms with Crippen molar-refractivity contribution in [3.8, 4) is 5.75 Å². The van der Waals surface area contributed by atoms with Crippen LogP contribution in [0.4, 0.5) is 14.5 Å². The van der Waals surface area contributed by atoms with Crippen molar-refractivity contribution < 1.29 is 18.5 Å². The SMILES string of the molecule is NOc1cc(F)cc(F)c1[N+](=O)[O-]. The van der Waals surface area contributed by atoms with Crippen LogP contribution in [0.2, 0.25) is 0 Å². The van der Waals surface area contributed by atoms with E-state index in [2.05, 4.69) is 10.7 Å². The van der Waals surface area contributed by atoms with Crippen molar-refractivity contribution in [3.05, 3.63) is 33.9 Å². The number of halogens is 2. The fourth-order valence-electron chi connectivity index (χ4n) is 0.809. The molecule has 2 N–H and O–H groups in total. The number of nitrogens with zero attached hydrogens (tertiary/aromatic N) is 1. The van der Waals surface area contributed by atoms with E-state index < -0.39 is 28.0 Å². The Morgan fingerprint density at radius 3 is 2.54 bits per heavy atom. The fraction of sp³-hybridized carbons (Fsp3) is 0. The van der Waals surface area contributed by atoms with Crippen LogP contribution in [0.15, 0.2) is 12.1 Å². The van der Waals surface area contributed by atoms with E-state index in [1.807, 2.05) is 0 Å². The summed E-state index contributed by atoms with van der Waals surface area (Å²) in [7, 11) is 0. The van der Waals surface area contributed by atoms with Crippen molar-refractivity contribution >= 4 is 5.69 Å². The van der Waals surface area contributed by atoms with E-state index in [1.165, 1.54) is 0 Å². The van der Waals surface area contributed by atoms with Crippen LogP contribution in [0.3, 0.4) is 0 Å². The molecule has 0 fully saturated rings. The zero-order chi connectivity index (χ0) is 10.0. The van der Waals surface area contributed by atoms with Gasteiger partial charge in [0, 0.05) is 12.1 Å². The normalized spacial score (nSPS) is 9.77. The maximum Gasteiger partial charge on any atom is 0.349 e. The molecule has 1 aromatic carbocycles. The summed E-state index contributed by atoms with van der Waals surface area (Å²) in [6, 6.07) is 1.00. The van der Waals surface area contributed by atoms with E-state index in [0.29, 0.717) is 12.1 Å². The Hall–Kier alpha value is -1.76. The number of nitrogens with two attached hydrogens (primary N) is 1. The molecule has 13 heavy (non-hydrogen) atoms. The average molecular weight is 190 g/mol. The number of hydrogen-bond acceptors (Lipinski definition) is 4. The number of nitro benzene ring substituents is 1. The summed E-state index contributed by atoms with van der Waals surface area (Å²) < 4.78 is 25.2. The van der Waals surface area contributed by atoms with E-state index >= 15 is 0 Å². The van der Waals surface area contributed by atoms with Gasteiger partial charge in [0.2, 0.25) is 11.6 Å². The van der Waals surface area contributed by atoms with Gasteiger partial charge in [-0.2, -0.15) is 10.3 Å². The third-order valence-electron chi connectivity index (χ3n) is 1.30. The molecular formula is C6H4F2N2O3. The van der Waals surface area contributed by atoms with E-state index in [-0.39, 0.29) is 0 Å². The minimum atomic E-state index is -1.33. The van der Waals surface area contributed by atoms with Gasteiger partial charge in [-0.05, 0) is 0 Å². The monoisotopic (exact) mass is 190 g/mol. The van der Waals surface area contributed by atoms with Crippen LogP contribution in [0.1, 0.15) is 0 Å². The topological polar surface area (TPSA) is 78.4 Å². The highest BCUT2D eigenvalue weighted by molar-refractivity contribution is 5.47. The molecule has 7 heteroatoms. The molecule has 0 aliphatic carbocycles. The molecule has 0 aliphatic rings. The summed E-state index contributed by atoms with van der Waals surface area (Å²) in [5.74, 6) is 1.61. The Balaban J connectivity index is 3.38.